The zero-order chi connectivity index (χ0) is 48.4. The van der Waals surface area contributed by atoms with Gasteiger partial charge in [-0.05, 0) is 133 Å². The molecule has 6 aromatic carbocycles. The maximum Gasteiger partial charge on any atom is 0.137 e. The van der Waals surface area contributed by atoms with E-state index in [1.165, 1.54) is 33.2 Å². The van der Waals surface area contributed by atoms with Crippen molar-refractivity contribution in [2.45, 2.75) is 131 Å². The van der Waals surface area contributed by atoms with Crippen molar-refractivity contribution in [3.8, 4) is 28.4 Å². The summed E-state index contributed by atoms with van der Waals surface area (Å²) in [5.41, 5.74) is 15.0. The third-order valence-corrected chi connectivity index (χ3v) is 13.3. The van der Waals surface area contributed by atoms with Gasteiger partial charge in [-0.1, -0.05) is 158 Å². The van der Waals surface area contributed by atoms with Crippen LogP contribution in [0, 0.1) is 0 Å². The zero-order valence-electron chi connectivity index (χ0n) is 43.0. The minimum Gasteiger partial charge on any atom is -0.457 e. The lowest BCUT2D eigenvalue weighted by atomic mass is 9.80. The number of benzene rings is 6. The molecule has 0 spiro atoms. The SMILES string of the molecule is CN(c1cc(Oc2ccc3c4ccc(C(C)(C)C)cc4n(-c4cc(C(C)(C)C)ccn4)c3c2)cc(-c2ccc(C(C)(C)C)cc2)c1)c1ccccc1Nc1cc(C(C)(C)C)cc(C(C)(C)C)c1. The van der Waals surface area contributed by atoms with E-state index in [2.05, 4.69) is 259 Å². The van der Waals surface area contributed by atoms with Crippen LogP contribution in [-0.4, -0.2) is 16.6 Å². The molecule has 2 heterocycles. The summed E-state index contributed by atoms with van der Waals surface area (Å²) in [6.07, 6.45) is 1.94. The maximum atomic E-state index is 7.04. The van der Waals surface area contributed by atoms with Crippen LogP contribution in [0.3, 0.4) is 0 Å². The van der Waals surface area contributed by atoms with E-state index in [1.807, 2.05) is 6.20 Å². The third kappa shape index (κ3) is 10.0. The molecule has 67 heavy (non-hydrogen) atoms. The van der Waals surface area contributed by atoms with Crippen LogP contribution in [0.25, 0.3) is 38.8 Å². The van der Waals surface area contributed by atoms with Gasteiger partial charge in [0.05, 0.1) is 22.4 Å². The molecule has 2 aromatic heterocycles. The second kappa shape index (κ2) is 17.1. The van der Waals surface area contributed by atoms with Gasteiger partial charge in [-0.3, -0.25) is 4.57 Å². The number of aromatic nitrogens is 2. The van der Waals surface area contributed by atoms with E-state index in [0.29, 0.717) is 0 Å². The van der Waals surface area contributed by atoms with Crippen molar-refractivity contribution in [3.63, 3.8) is 0 Å². The molecule has 0 saturated heterocycles. The number of nitrogens with zero attached hydrogens (tertiary/aromatic N) is 3. The highest BCUT2D eigenvalue weighted by Gasteiger charge is 2.24. The van der Waals surface area contributed by atoms with E-state index in [9.17, 15) is 0 Å². The van der Waals surface area contributed by atoms with Crippen LogP contribution < -0.4 is 15.0 Å². The standard InChI is InChI=1S/C62H72N4O/c1-58(2,3)42-23-21-40(22-24-42)41-31-48(65(16)54-20-18-17-19-53(54)64-47-34-45(61(10,11)12)33-46(35-47)62(13,14)15)38-50(32-41)67-49-26-28-52-51-27-25-43(59(4,5)6)36-55(51)66(56(52)39-49)57-37-44(29-30-63-57)60(7,8)9/h17-39,64H,1-16H3. The van der Waals surface area contributed by atoms with Gasteiger partial charge < -0.3 is 15.0 Å². The molecule has 0 atom stereocenters. The second-order valence-corrected chi connectivity index (χ2v) is 23.8. The van der Waals surface area contributed by atoms with E-state index >= 15 is 0 Å². The number of hydrogen-bond acceptors (Lipinski definition) is 4. The molecule has 8 rings (SSSR count). The fourth-order valence-electron chi connectivity index (χ4n) is 8.82. The van der Waals surface area contributed by atoms with Gasteiger partial charge in [0.1, 0.15) is 17.3 Å². The first-order chi connectivity index (χ1) is 31.2. The van der Waals surface area contributed by atoms with Crippen molar-refractivity contribution in [2.75, 3.05) is 17.3 Å². The summed E-state index contributed by atoms with van der Waals surface area (Å²) in [5.74, 6) is 2.40. The minimum atomic E-state index is -0.0338. The van der Waals surface area contributed by atoms with Crippen molar-refractivity contribution in [3.05, 3.63) is 167 Å². The number of hydrogen-bond donors (Lipinski definition) is 1. The van der Waals surface area contributed by atoms with Crippen LogP contribution in [0.1, 0.15) is 132 Å². The molecule has 1 N–H and O–H groups in total. The summed E-state index contributed by atoms with van der Waals surface area (Å²) in [5, 5.41) is 6.21. The lowest BCUT2D eigenvalue weighted by Crippen LogP contribution is -2.17. The molecule has 0 aliphatic carbocycles. The Morgan fingerprint density at radius 2 is 1.01 bits per heavy atom. The van der Waals surface area contributed by atoms with Crippen LogP contribution in [0.4, 0.5) is 22.7 Å². The van der Waals surface area contributed by atoms with E-state index in [4.69, 9.17) is 9.72 Å². The number of rotatable bonds is 8. The fraction of sp³-hybridized carbons (Fsp3) is 0.339. The third-order valence-electron chi connectivity index (χ3n) is 13.3. The van der Waals surface area contributed by atoms with Gasteiger partial charge in [-0.2, -0.15) is 0 Å². The highest BCUT2D eigenvalue weighted by atomic mass is 16.5. The summed E-state index contributed by atoms with van der Waals surface area (Å²) >= 11 is 0. The van der Waals surface area contributed by atoms with Crippen LogP contribution in [0.5, 0.6) is 11.5 Å². The Bertz CT molecular complexity index is 3070. The molecule has 0 bridgehead atoms. The topological polar surface area (TPSA) is 42.3 Å². The summed E-state index contributed by atoms with van der Waals surface area (Å²) in [6, 6.07) is 48.9. The molecule has 8 aromatic rings. The summed E-state index contributed by atoms with van der Waals surface area (Å²) in [6.45, 7) is 34.1. The summed E-state index contributed by atoms with van der Waals surface area (Å²) in [7, 11) is 2.15. The van der Waals surface area contributed by atoms with Crippen molar-refractivity contribution in [1.29, 1.82) is 0 Å². The highest BCUT2D eigenvalue weighted by Crippen LogP contribution is 2.42. The first-order valence-corrected chi connectivity index (χ1v) is 24.0. The predicted molar refractivity (Wildman–Crippen MR) is 288 cm³/mol. The van der Waals surface area contributed by atoms with Crippen LogP contribution >= 0.6 is 0 Å². The number of fused-ring (bicyclic) bond motifs is 3. The summed E-state index contributed by atoms with van der Waals surface area (Å²) < 4.78 is 9.36. The predicted octanol–water partition coefficient (Wildman–Crippen LogP) is 17.6. The van der Waals surface area contributed by atoms with Crippen molar-refractivity contribution in [1.82, 2.24) is 9.55 Å². The van der Waals surface area contributed by atoms with Gasteiger partial charge in [0.25, 0.3) is 0 Å². The van der Waals surface area contributed by atoms with Crippen LogP contribution in [0.2, 0.25) is 0 Å². The Labute approximate surface area is 401 Å². The number of anilines is 4. The van der Waals surface area contributed by atoms with E-state index < -0.39 is 0 Å². The Morgan fingerprint density at radius 3 is 1.63 bits per heavy atom. The maximum absolute atomic E-state index is 7.04. The van der Waals surface area contributed by atoms with Crippen LogP contribution in [-0.2, 0) is 27.1 Å². The summed E-state index contributed by atoms with van der Waals surface area (Å²) in [4.78, 5) is 7.27. The van der Waals surface area contributed by atoms with Gasteiger partial charge >= 0.3 is 0 Å². The monoisotopic (exact) mass is 889 g/mol. The van der Waals surface area contributed by atoms with Gasteiger partial charge in [0, 0.05) is 47.5 Å². The van der Waals surface area contributed by atoms with E-state index in [1.54, 1.807) is 0 Å². The highest BCUT2D eigenvalue weighted by molar-refractivity contribution is 6.09. The largest absolute Gasteiger partial charge is 0.457 e. The Balaban J connectivity index is 1.25. The van der Waals surface area contributed by atoms with Crippen LogP contribution in [0.15, 0.2) is 140 Å². The number of pyridine rings is 1. The molecule has 0 radical (unpaired) electrons. The normalized spacial score (nSPS) is 12.8. The molecular weight excluding hydrogens is 817 g/mol. The Morgan fingerprint density at radius 1 is 0.463 bits per heavy atom. The van der Waals surface area contributed by atoms with Gasteiger partial charge in [0.15, 0.2) is 0 Å². The first-order valence-electron chi connectivity index (χ1n) is 24.0. The quantitative estimate of drug-likeness (QED) is 0.165. The molecule has 346 valence electrons. The van der Waals surface area contributed by atoms with E-state index in [-0.39, 0.29) is 27.1 Å². The molecule has 5 nitrogen and oxygen atoms in total. The van der Waals surface area contributed by atoms with E-state index in [0.717, 1.165) is 67.6 Å². The zero-order valence-corrected chi connectivity index (χ0v) is 43.0. The Hall–Kier alpha value is -6.33. The Kier molecular flexibility index (Phi) is 12.0. The number of ether oxygens (including phenoxy) is 1. The van der Waals surface area contributed by atoms with Crippen molar-refractivity contribution < 1.29 is 4.74 Å². The van der Waals surface area contributed by atoms with Gasteiger partial charge in [-0.15, -0.1) is 0 Å². The number of para-hydroxylation sites is 2. The average molecular weight is 889 g/mol. The lowest BCUT2D eigenvalue weighted by molar-refractivity contribution is 0.483. The van der Waals surface area contributed by atoms with Gasteiger partial charge in [-0.25, -0.2) is 4.98 Å². The molecule has 5 heteroatoms. The van der Waals surface area contributed by atoms with Crippen molar-refractivity contribution in [2.24, 2.45) is 0 Å². The molecule has 0 amide bonds. The molecule has 0 unspecified atom stereocenters. The van der Waals surface area contributed by atoms with Gasteiger partial charge in [0.2, 0.25) is 0 Å². The fourth-order valence-corrected chi connectivity index (χ4v) is 8.82. The molecular formula is C62H72N4O. The molecule has 0 fully saturated rings. The lowest BCUT2D eigenvalue weighted by Gasteiger charge is -2.28. The smallest absolute Gasteiger partial charge is 0.137 e. The molecule has 0 aliphatic rings. The molecule has 0 saturated carbocycles. The van der Waals surface area contributed by atoms with Crippen molar-refractivity contribution >= 4 is 44.6 Å². The first kappa shape index (κ1) is 47.2. The minimum absolute atomic E-state index is 0.00103. The molecule has 0 aliphatic heterocycles. The average Bonchev–Trinajstić information content (AvgIpc) is 3.57. The number of nitrogens with one attached hydrogen (secondary N) is 1. The second-order valence-electron chi connectivity index (χ2n) is 23.8.